The number of carbonyl (C=O) groups excluding carboxylic acids is 1. The Bertz CT molecular complexity index is 677. The molecule has 2 aromatic rings. The molecule has 0 saturated heterocycles. The molecule has 5 heteroatoms. The van der Waals surface area contributed by atoms with Crippen LogP contribution in [0, 0.1) is 6.92 Å². The predicted octanol–water partition coefficient (Wildman–Crippen LogP) is 1.92. The maximum Gasteiger partial charge on any atom is 0.251 e. The lowest BCUT2D eigenvalue weighted by molar-refractivity contribution is 0.0717. The summed E-state index contributed by atoms with van der Waals surface area (Å²) in [6, 6.07) is 5.41. The number of aromatic nitrogens is 2. The number of aryl methyl sites for hydroxylation is 2. The highest BCUT2D eigenvalue weighted by molar-refractivity contribution is 5.97. The zero-order chi connectivity index (χ0) is 15.0. The van der Waals surface area contributed by atoms with Crippen LogP contribution >= 0.6 is 0 Å². The van der Waals surface area contributed by atoms with E-state index in [2.05, 4.69) is 10.3 Å². The van der Waals surface area contributed by atoms with Gasteiger partial charge in [0, 0.05) is 12.6 Å². The van der Waals surface area contributed by atoms with Crippen molar-refractivity contribution in [3.05, 3.63) is 29.6 Å². The van der Waals surface area contributed by atoms with Crippen LogP contribution in [0.5, 0.6) is 0 Å². The average molecular weight is 287 g/mol. The van der Waals surface area contributed by atoms with E-state index in [1.165, 1.54) is 0 Å². The molecule has 2 unspecified atom stereocenters. The summed E-state index contributed by atoms with van der Waals surface area (Å²) < 4.78 is 2.00. The molecular weight excluding hydrogens is 266 g/mol. The van der Waals surface area contributed by atoms with Crippen LogP contribution in [0.2, 0.25) is 0 Å². The minimum Gasteiger partial charge on any atom is -0.391 e. The number of nitrogens with zero attached hydrogens (tertiary/aromatic N) is 2. The molecule has 1 aliphatic rings. The Morgan fingerprint density at radius 2 is 2.14 bits per heavy atom. The van der Waals surface area contributed by atoms with Gasteiger partial charge < -0.3 is 15.0 Å². The monoisotopic (exact) mass is 287 g/mol. The molecule has 112 valence electrons. The van der Waals surface area contributed by atoms with Gasteiger partial charge in [-0.3, -0.25) is 4.79 Å². The third-order valence-electron chi connectivity index (χ3n) is 4.41. The van der Waals surface area contributed by atoms with Crippen molar-refractivity contribution in [1.82, 2.24) is 14.9 Å². The Morgan fingerprint density at radius 3 is 2.90 bits per heavy atom. The van der Waals surface area contributed by atoms with Gasteiger partial charge >= 0.3 is 0 Å². The van der Waals surface area contributed by atoms with Crippen molar-refractivity contribution in [2.45, 2.75) is 44.8 Å². The lowest BCUT2D eigenvalue weighted by atomic mass is 9.92. The molecule has 0 radical (unpaired) electrons. The summed E-state index contributed by atoms with van der Waals surface area (Å²) in [7, 11) is 1.96. The average Bonchev–Trinajstić information content (AvgIpc) is 2.76. The zero-order valence-corrected chi connectivity index (χ0v) is 12.5. The third-order valence-corrected chi connectivity index (χ3v) is 4.41. The van der Waals surface area contributed by atoms with E-state index in [1.807, 2.05) is 36.7 Å². The van der Waals surface area contributed by atoms with Crippen molar-refractivity contribution in [1.29, 1.82) is 0 Å². The van der Waals surface area contributed by atoms with E-state index in [9.17, 15) is 9.90 Å². The van der Waals surface area contributed by atoms with E-state index in [0.29, 0.717) is 5.56 Å². The molecule has 1 amide bonds. The highest BCUT2D eigenvalue weighted by atomic mass is 16.3. The SMILES string of the molecule is Cc1nc2cc(C(=O)NC3CCCCC3O)ccc2n1C. The quantitative estimate of drug-likeness (QED) is 0.886. The number of benzene rings is 1. The first-order valence-corrected chi connectivity index (χ1v) is 7.48. The third kappa shape index (κ3) is 2.65. The van der Waals surface area contributed by atoms with Gasteiger partial charge in [0.15, 0.2) is 0 Å². The normalized spacial score (nSPS) is 22.4. The topological polar surface area (TPSA) is 67.2 Å². The molecule has 1 fully saturated rings. The number of hydrogen-bond donors (Lipinski definition) is 2. The molecule has 1 aromatic carbocycles. The van der Waals surface area contributed by atoms with Gasteiger partial charge in [-0.2, -0.15) is 0 Å². The molecule has 5 nitrogen and oxygen atoms in total. The van der Waals surface area contributed by atoms with Gasteiger partial charge in [-0.1, -0.05) is 12.8 Å². The van der Waals surface area contributed by atoms with Gasteiger partial charge in [0.1, 0.15) is 5.82 Å². The largest absolute Gasteiger partial charge is 0.391 e. The summed E-state index contributed by atoms with van der Waals surface area (Å²) in [5.74, 6) is 0.788. The highest BCUT2D eigenvalue weighted by Gasteiger charge is 2.25. The minimum absolute atomic E-state index is 0.132. The van der Waals surface area contributed by atoms with Crippen molar-refractivity contribution < 1.29 is 9.90 Å². The number of aliphatic hydroxyl groups is 1. The van der Waals surface area contributed by atoms with Crippen LogP contribution in [0.15, 0.2) is 18.2 Å². The smallest absolute Gasteiger partial charge is 0.251 e. The summed E-state index contributed by atoms with van der Waals surface area (Å²) >= 11 is 0. The van der Waals surface area contributed by atoms with Gasteiger partial charge in [0.2, 0.25) is 0 Å². The van der Waals surface area contributed by atoms with E-state index in [-0.39, 0.29) is 11.9 Å². The van der Waals surface area contributed by atoms with Crippen molar-refractivity contribution in [2.24, 2.45) is 7.05 Å². The molecule has 0 bridgehead atoms. The Labute approximate surface area is 124 Å². The van der Waals surface area contributed by atoms with Gasteiger partial charge in [0.25, 0.3) is 5.91 Å². The maximum absolute atomic E-state index is 12.3. The van der Waals surface area contributed by atoms with Gasteiger partial charge in [0.05, 0.1) is 23.2 Å². The van der Waals surface area contributed by atoms with Crippen molar-refractivity contribution >= 4 is 16.9 Å². The fourth-order valence-corrected chi connectivity index (χ4v) is 2.99. The first kappa shape index (κ1) is 14.1. The molecule has 0 spiro atoms. The summed E-state index contributed by atoms with van der Waals surface area (Å²) in [4.78, 5) is 16.8. The second-order valence-electron chi connectivity index (χ2n) is 5.85. The van der Waals surface area contributed by atoms with Crippen LogP contribution in [0.25, 0.3) is 11.0 Å². The predicted molar refractivity (Wildman–Crippen MR) is 81.2 cm³/mol. The number of aliphatic hydroxyl groups excluding tert-OH is 1. The van der Waals surface area contributed by atoms with Crippen LogP contribution in [-0.2, 0) is 7.05 Å². The fourth-order valence-electron chi connectivity index (χ4n) is 2.99. The number of carbonyl (C=O) groups is 1. The first-order valence-electron chi connectivity index (χ1n) is 7.48. The van der Waals surface area contributed by atoms with Gasteiger partial charge in [-0.05, 0) is 38.0 Å². The maximum atomic E-state index is 12.3. The number of hydrogen-bond acceptors (Lipinski definition) is 3. The van der Waals surface area contributed by atoms with Crippen LogP contribution in [-0.4, -0.2) is 32.7 Å². The lowest BCUT2D eigenvalue weighted by Gasteiger charge is -2.28. The standard InChI is InChI=1S/C16H21N3O2/c1-10-17-13-9-11(7-8-14(13)19(10)2)16(21)18-12-5-3-4-6-15(12)20/h7-9,12,15,20H,3-6H2,1-2H3,(H,18,21). The van der Waals surface area contributed by atoms with E-state index < -0.39 is 6.10 Å². The van der Waals surface area contributed by atoms with Gasteiger partial charge in [-0.15, -0.1) is 0 Å². The number of imidazole rings is 1. The van der Waals surface area contributed by atoms with E-state index in [4.69, 9.17) is 0 Å². The Morgan fingerprint density at radius 1 is 1.38 bits per heavy atom. The number of nitrogens with one attached hydrogen (secondary N) is 1. The first-order chi connectivity index (χ1) is 10.1. The number of amides is 1. The number of rotatable bonds is 2. The van der Waals surface area contributed by atoms with Crippen LogP contribution in [0.3, 0.4) is 0 Å². The molecule has 0 aliphatic heterocycles. The molecule has 3 rings (SSSR count). The summed E-state index contributed by atoms with van der Waals surface area (Å²) in [6.07, 6.45) is 3.28. The Hall–Kier alpha value is -1.88. The molecule has 21 heavy (non-hydrogen) atoms. The van der Waals surface area contributed by atoms with E-state index in [1.54, 1.807) is 0 Å². The zero-order valence-electron chi connectivity index (χ0n) is 12.5. The molecule has 2 N–H and O–H groups in total. The summed E-state index contributed by atoms with van der Waals surface area (Å²) in [6.45, 7) is 1.94. The Balaban J connectivity index is 1.81. The molecule has 1 aliphatic carbocycles. The second-order valence-corrected chi connectivity index (χ2v) is 5.85. The summed E-state index contributed by atoms with van der Waals surface area (Å²) in [5, 5.41) is 12.9. The van der Waals surface area contributed by atoms with E-state index in [0.717, 1.165) is 42.5 Å². The molecular formula is C16H21N3O2. The van der Waals surface area contributed by atoms with Crippen molar-refractivity contribution in [3.63, 3.8) is 0 Å². The van der Waals surface area contributed by atoms with Crippen LogP contribution < -0.4 is 5.32 Å². The highest BCUT2D eigenvalue weighted by Crippen LogP contribution is 2.20. The second kappa shape index (κ2) is 5.48. The molecule has 1 aromatic heterocycles. The van der Waals surface area contributed by atoms with E-state index >= 15 is 0 Å². The summed E-state index contributed by atoms with van der Waals surface area (Å²) in [5.41, 5.74) is 2.44. The number of fused-ring (bicyclic) bond motifs is 1. The van der Waals surface area contributed by atoms with Crippen molar-refractivity contribution in [3.8, 4) is 0 Å². The van der Waals surface area contributed by atoms with Crippen molar-refractivity contribution in [2.75, 3.05) is 0 Å². The van der Waals surface area contributed by atoms with Crippen LogP contribution in [0.4, 0.5) is 0 Å². The molecule has 2 atom stereocenters. The minimum atomic E-state index is -0.427. The fraction of sp³-hybridized carbons (Fsp3) is 0.500. The lowest BCUT2D eigenvalue weighted by Crippen LogP contribution is -2.45. The van der Waals surface area contributed by atoms with Gasteiger partial charge in [-0.25, -0.2) is 4.98 Å². The van der Waals surface area contributed by atoms with Crippen LogP contribution in [0.1, 0.15) is 41.9 Å². The Kier molecular flexibility index (Phi) is 3.68. The molecule has 1 saturated carbocycles. The molecule has 1 heterocycles.